The van der Waals surface area contributed by atoms with Crippen LogP contribution in [0.25, 0.3) is 0 Å². The summed E-state index contributed by atoms with van der Waals surface area (Å²) in [6, 6.07) is 5.27. The largest absolute Gasteiger partial charge is 0.484 e. The lowest BCUT2D eigenvalue weighted by Gasteiger charge is -2.17. The van der Waals surface area contributed by atoms with Gasteiger partial charge in [-0.3, -0.25) is 14.4 Å². The number of carbonyl (C=O) groups excluding carboxylic acids is 3. The number of hydrogen-bond donors (Lipinski definition) is 3. The van der Waals surface area contributed by atoms with Crippen LogP contribution in [0.3, 0.4) is 0 Å². The summed E-state index contributed by atoms with van der Waals surface area (Å²) < 4.78 is 5.40. The third-order valence-electron chi connectivity index (χ3n) is 3.16. The summed E-state index contributed by atoms with van der Waals surface area (Å²) in [5.41, 5.74) is 1.77. The molecule has 3 amide bonds. The smallest absolute Gasteiger partial charge is 0.258 e. The van der Waals surface area contributed by atoms with Gasteiger partial charge in [-0.25, -0.2) is 0 Å². The maximum absolute atomic E-state index is 11.6. The van der Waals surface area contributed by atoms with Crippen LogP contribution >= 0.6 is 0 Å². The first-order valence-electron chi connectivity index (χ1n) is 7.17. The molecule has 3 N–H and O–H groups in total. The average molecular weight is 305 g/mol. The van der Waals surface area contributed by atoms with Crippen molar-refractivity contribution in [2.24, 2.45) is 0 Å². The molecule has 0 saturated carbocycles. The van der Waals surface area contributed by atoms with Gasteiger partial charge in [-0.2, -0.15) is 0 Å². The molecular weight excluding hydrogens is 286 g/mol. The summed E-state index contributed by atoms with van der Waals surface area (Å²) in [6.07, 6.45) is 1.10. The van der Waals surface area contributed by atoms with E-state index in [1.165, 1.54) is 0 Å². The molecule has 1 aliphatic rings. The van der Waals surface area contributed by atoms with Crippen LogP contribution in [0, 0.1) is 0 Å². The third kappa shape index (κ3) is 4.47. The second-order valence-corrected chi connectivity index (χ2v) is 4.89. The molecule has 2 rings (SSSR count). The fourth-order valence-electron chi connectivity index (χ4n) is 2.09. The molecular formula is C15H19N3O4. The number of ether oxygens (including phenoxy) is 1. The van der Waals surface area contributed by atoms with E-state index in [-0.39, 0.29) is 30.9 Å². The number of hydrogen-bond acceptors (Lipinski definition) is 4. The van der Waals surface area contributed by atoms with Crippen molar-refractivity contribution in [3.8, 4) is 5.75 Å². The van der Waals surface area contributed by atoms with E-state index in [0.29, 0.717) is 25.1 Å². The first-order valence-corrected chi connectivity index (χ1v) is 7.17. The molecule has 0 aromatic heterocycles. The molecule has 0 spiro atoms. The minimum Gasteiger partial charge on any atom is -0.484 e. The van der Waals surface area contributed by atoms with Gasteiger partial charge >= 0.3 is 0 Å². The van der Waals surface area contributed by atoms with Gasteiger partial charge in [0.05, 0.1) is 6.54 Å². The van der Waals surface area contributed by atoms with Crippen LogP contribution in [0.1, 0.15) is 18.9 Å². The van der Waals surface area contributed by atoms with Crippen LogP contribution in [0.15, 0.2) is 18.2 Å². The fourth-order valence-corrected chi connectivity index (χ4v) is 2.09. The first-order chi connectivity index (χ1) is 10.6. The number of anilines is 1. The fraction of sp³-hybridized carbons (Fsp3) is 0.400. The van der Waals surface area contributed by atoms with E-state index < -0.39 is 0 Å². The highest BCUT2D eigenvalue weighted by Crippen LogP contribution is 2.26. The molecule has 0 radical (unpaired) electrons. The van der Waals surface area contributed by atoms with E-state index in [1.807, 2.05) is 6.07 Å². The van der Waals surface area contributed by atoms with E-state index in [1.54, 1.807) is 19.1 Å². The van der Waals surface area contributed by atoms with E-state index in [2.05, 4.69) is 16.0 Å². The number of rotatable bonds is 6. The van der Waals surface area contributed by atoms with Crippen molar-refractivity contribution in [1.29, 1.82) is 0 Å². The van der Waals surface area contributed by atoms with Gasteiger partial charge in [0.15, 0.2) is 6.61 Å². The normalized spacial score (nSPS) is 12.9. The molecule has 0 atom stereocenters. The molecule has 0 unspecified atom stereocenters. The highest BCUT2D eigenvalue weighted by atomic mass is 16.5. The Bertz CT molecular complexity index is 586. The van der Waals surface area contributed by atoms with Gasteiger partial charge in [0.2, 0.25) is 11.8 Å². The van der Waals surface area contributed by atoms with Crippen LogP contribution in [0.4, 0.5) is 5.69 Å². The van der Waals surface area contributed by atoms with Crippen molar-refractivity contribution >= 4 is 23.4 Å². The zero-order valence-electron chi connectivity index (χ0n) is 12.4. The zero-order valence-corrected chi connectivity index (χ0v) is 12.4. The van der Waals surface area contributed by atoms with Gasteiger partial charge in [-0.15, -0.1) is 0 Å². The van der Waals surface area contributed by atoms with Crippen molar-refractivity contribution in [3.05, 3.63) is 23.8 Å². The highest BCUT2D eigenvalue weighted by Gasteiger charge is 2.15. The van der Waals surface area contributed by atoms with Gasteiger partial charge in [0.25, 0.3) is 5.91 Å². The summed E-state index contributed by atoms with van der Waals surface area (Å²) in [7, 11) is 0. The van der Waals surface area contributed by atoms with Gasteiger partial charge < -0.3 is 20.7 Å². The van der Waals surface area contributed by atoms with Crippen LogP contribution in [-0.4, -0.2) is 37.4 Å². The number of benzene rings is 1. The molecule has 1 aromatic carbocycles. The molecule has 0 saturated heterocycles. The third-order valence-corrected chi connectivity index (χ3v) is 3.16. The molecule has 22 heavy (non-hydrogen) atoms. The first kappa shape index (κ1) is 15.8. The Morgan fingerprint density at radius 3 is 2.82 bits per heavy atom. The standard InChI is InChI=1S/C15H19N3O4/c1-2-16-14(20)8-17-15(21)9-22-11-4-5-12-10(7-11)3-6-13(19)18-12/h4-5,7H,2-3,6,8-9H2,1H3,(H,16,20)(H,17,21)(H,18,19). The molecule has 1 aromatic rings. The van der Waals surface area contributed by atoms with Crippen molar-refractivity contribution in [3.63, 3.8) is 0 Å². The molecule has 7 heteroatoms. The Labute approximate surface area is 128 Å². The van der Waals surface area contributed by atoms with Crippen molar-refractivity contribution in [1.82, 2.24) is 10.6 Å². The Kier molecular flexibility index (Phi) is 5.35. The second-order valence-electron chi connectivity index (χ2n) is 4.89. The van der Waals surface area contributed by atoms with E-state index in [4.69, 9.17) is 4.74 Å². The average Bonchev–Trinajstić information content (AvgIpc) is 2.51. The summed E-state index contributed by atoms with van der Waals surface area (Å²) in [6.45, 7) is 2.11. The number of aryl methyl sites for hydroxylation is 1. The Morgan fingerprint density at radius 1 is 1.23 bits per heavy atom. The predicted molar refractivity (Wildman–Crippen MR) is 80.6 cm³/mol. The highest BCUT2D eigenvalue weighted by molar-refractivity contribution is 5.94. The molecule has 0 bridgehead atoms. The maximum Gasteiger partial charge on any atom is 0.258 e. The van der Waals surface area contributed by atoms with Gasteiger partial charge in [0.1, 0.15) is 5.75 Å². The number of fused-ring (bicyclic) bond motifs is 1. The molecule has 0 aliphatic carbocycles. The summed E-state index contributed by atoms with van der Waals surface area (Å²) in [5.74, 6) is -0.0355. The van der Waals surface area contributed by atoms with Crippen LogP contribution in [0.5, 0.6) is 5.75 Å². The second kappa shape index (κ2) is 7.44. The minimum atomic E-state index is -0.364. The summed E-state index contributed by atoms with van der Waals surface area (Å²) in [4.78, 5) is 34.1. The lowest BCUT2D eigenvalue weighted by Crippen LogP contribution is -2.38. The zero-order chi connectivity index (χ0) is 15.9. The topological polar surface area (TPSA) is 96.5 Å². The molecule has 118 valence electrons. The number of carbonyl (C=O) groups is 3. The molecule has 0 fully saturated rings. The summed E-state index contributed by atoms with van der Waals surface area (Å²) >= 11 is 0. The van der Waals surface area contributed by atoms with Gasteiger partial charge in [-0.1, -0.05) is 0 Å². The monoisotopic (exact) mass is 305 g/mol. The van der Waals surface area contributed by atoms with E-state index in [0.717, 1.165) is 11.3 Å². The number of amides is 3. The summed E-state index contributed by atoms with van der Waals surface area (Å²) in [5, 5.41) is 7.83. The van der Waals surface area contributed by atoms with Gasteiger partial charge in [0, 0.05) is 18.7 Å². The van der Waals surface area contributed by atoms with Gasteiger partial charge in [-0.05, 0) is 37.1 Å². The Morgan fingerprint density at radius 2 is 2.05 bits per heavy atom. The number of nitrogens with one attached hydrogen (secondary N) is 3. The van der Waals surface area contributed by atoms with E-state index >= 15 is 0 Å². The Balaban J connectivity index is 1.80. The quantitative estimate of drug-likeness (QED) is 0.699. The lowest BCUT2D eigenvalue weighted by atomic mass is 10.0. The van der Waals surface area contributed by atoms with Crippen LogP contribution in [-0.2, 0) is 20.8 Å². The van der Waals surface area contributed by atoms with E-state index in [9.17, 15) is 14.4 Å². The minimum absolute atomic E-state index is 0.00546. The van der Waals surface area contributed by atoms with Crippen molar-refractivity contribution < 1.29 is 19.1 Å². The van der Waals surface area contributed by atoms with Crippen LogP contribution in [0.2, 0.25) is 0 Å². The van der Waals surface area contributed by atoms with Crippen LogP contribution < -0.4 is 20.7 Å². The molecule has 1 heterocycles. The lowest BCUT2D eigenvalue weighted by molar-refractivity contribution is -0.127. The number of likely N-dealkylation sites (N-methyl/N-ethyl adjacent to an activating group) is 1. The molecule has 7 nitrogen and oxygen atoms in total. The predicted octanol–water partition coefficient (Wildman–Crippen LogP) is 0.202. The SMILES string of the molecule is CCNC(=O)CNC(=O)COc1ccc2c(c1)CCC(=O)N2. The Hall–Kier alpha value is -2.57. The van der Waals surface area contributed by atoms with Crippen molar-refractivity contribution in [2.75, 3.05) is 25.0 Å². The van der Waals surface area contributed by atoms with Crippen molar-refractivity contribution in [2.45, 2.75) is 19.8 Å². The molecule has 1 aliphatic heterocycles. The maximum atomic E-state index is 11.6.